The molecule has 0 aliphatic heterocycles. The number of imidazole rings is 1. The molecule has 0 bridgehead atoms. The van der Waals surface area contributed by atoms with E-state index in [1.807, 2.05) is 12.3 Å². The second-order valence-corrected chi connectivity index (χ2v) is 8.28. The molecule has 1 aromatic heterocycles. The van der Waals surface area contributed by atoms with E-state index in [1.165, 1.54) is 74.5 Å². The summed E-state index contributed by atoms with van der Waals surface area (Å²) in [5, 5.41) is 0. The van der Waals surface area contributed by atoms with Crippen molar-refractivity contribution >= 4 is 5.95 Å². The zero-order chi connectivity index (χ0) is 21.0. The first kappa shape index (κ1) is 22.1. The van der Waals surface area contributed by atoms with Crippen LogP contribution in [0.5, 0.6) is 0 Å². The largest absolute Gasteiger partial charge is 0.369 e. The molecule has 3 aromatic rings. The zero-order valence-electron chi connectivity index (χ0n) is 18.5. The summed E-state index contributed by atoms with van der Waals surface area (Å²) in [7, 11) is 0. The van der Waals surface area contributed by atoms with E-state index in [-0.39, 0.29) is 0 Å². The van der Waals surface area contributed by atoms with E-state index in [2.05, 4.69) is 65.0 Å². The van der Waals surface area contributed by atoms with E-state index < -0.39 is 0 Å². The molecule has 3 rings (SSSR count). The van der Waals surface area contributed by atoms with Crippen LogP contribution in [-0.2, 0) is 6.54 Å². The van der Waals surface area contributed by atoms with Crippen LogP contribution in [0.4, 0.5) is 5.95 Å². The van der Waals surface area contributed by atoms with Crippen molar-refractivity contribution in [1.29, 1.82) is 0 Å². The van der Waals surface area contributed by atoms with Crippen LogP contribution in [0.2, 0.25) is 0 Å². The molecule has 0 amide bonds. The Morgan fingerprint density at radius 3 is 1.83 bits per heavy atom. The van der Waals surface area contributed by atoms with Crippen molar-refractivity contribution in [2.75, 3.05) is 5.73 Å². The monoisotopic (exact) mass is 403 g/mol. The van der Waals surface area contributed by atoms with Gasteiger partial charge in [-0.2, -0.15) is 0 Å². The molecule has 1 heterocycles. The lowest BCUT2D eigenvalue weighted by Crippen LogP contribution is -2.05. The number of anilines is 1. The van der Waals surface area contributed by atoms with Crippen LogP contribution in [0, 0.1) is 0 Å². The minimum Gasteiger partial charge on any atom is -0.369 e. The molecule has 30 heavy (non-hydrogen) atoms. The summed E-state index contributed by atoms with van der Waals surface area (Å²) >= 11 is 0. The van der Waals surface area contributed by atoms with Crippen molar-refractivity contribution in [2.45, 2.75) is 77.7 Å². The number of rotatable bonds is 13. The first-order valence-corrected chi connectivity index (χ1v) is 11.8. The summed E-state index contributed by atoms with van der Waals surface area (Å²) in [6.07, 6.45) is 15.3. The molecule has 3 heteroatoms. The van der Waals surface area contributed by atoms with Gasteiger partial charge in [-0.05, 0) is 23.1 Å². The number of hydrogen-bond donors (Lipinski definition) is 1. The Morgan fingerprint density at radius 1 is 0.667 bits per heavy atom. The fourth-order valence-electron chi connectivity index (χ4n) is 4.08. The van der Waals surface area contributed by atoms with Crippen molar-refractivity contribution in [1.82, 2.24) is 9.55 Å². The average Bonchev–Trinajstić information content (AvgIpc) is 3.16. The van der Waals surface area contributed by atoms with Gasteiger partial charge in [0.05, 0.1) is 11.9 Å². The lowest BCUT2D eigenvalue weighted by Gasteiger charge is -2.11. The van der Waals surface area contributed by atoms with Gasteiger partial charge >= 0.3 is 0 Å². The van der Waals surface area contributed by atoms with Gasteiger partial charge in [-0.25, -0.2) is 4.98 Å². The number of aromatic nitrogens is 2. The highest BCUT2D eigenvalue weighted by atomic mass is 15.1. The number of hydrogen-bond acceptors (Lipinski definition) is 2. The van der Waals surface area contributed by atoms with Gasteiger partial charge in [0.1, 0.15) is 0 Å². The van der Waals surface area contributed by atoms with Gasteiger partial charge in [0.25, 0.3) is 0 Å². The lowest BCUT2D eigenvalue weighted by molar-refractivity contribution is 0.537. The highest BCUT2D eigenvalue weighted by Gasteiger charge is 2.09. The molecule has 0 aliphatic rings. The van der Waals surface area contributed by atoms with Gasteiger partial charge in [-0.1, -0.05) is 119 Å². The van der Waals surface area contributed by atoms with E-state index in [9.17, 15) is 0 Å². The number of nitrogens with two attached hydrogens (primary N) is 1. The first-order chi connectivity index (χ1) is 14.8. The molecule has 0 aliphatic carbocycles. The molecule has 3 nitrogen and oxygen atoms in total. The number of unbranched alkanes of at least 4 members (excludes halogenated alkanes) is 9. The molecule has 0 unspecified atom stereocenters. The van der Waals surface area contributed by atoms with Crippen LogP contribution in [0.3, 0.4) is 0 Å². The van der Waals surface area contributed by atoms with E-state index in [0.29, 0.717) is 5.95 Å². The normalized spacial score (nSPS) is 11.1. The standard InChI is InChI=1S/C27H37N3/c1-2-3-4-5-6-7-8-9-10-14-21-30-26(22-29-27(30)28)25-19-17-24(18-20-25)23-15-12-11-13-16-23/h11-13,15-20,22H,2-10,14,21H2,1H3,(H2,28,29). The van der Waals surface area contributed by atoms with Gasteiger partial charge in [-0.3, -0.25) is 0 Å². The summed E-state index contributed by atoms with van der Waals surface area (Å²) in [6.45, 7) is 3.22. The van der Waals surface area contributed by atoms with Gasteiger partial charge in [0, 0.05) is 6.54 Å². The number of nitrogen functional groups attached to an aromatic ring is 1. The molecule has 2 N–H and O–H groups in total. The Kier molecular flexibility index (Phi) is 9.02. The smallest absolute Gasteiger partial charge is 0.200 e. The van der Waals surface area contributed by atoms with Crippen LogP contribution in [0.15, 0.2) is 60.8 Å². The summed E-state index contributed by atoms with van der Waals surface area (Å²) < 4.78 is 2.17. The van der Waals surface area contributed by atoms with Crippen molar-refractivity contribution in [3.05, 3.63) is 60.8 Å². The molecular formula is C27H37N3. The molecule has 0 spiro atoms. The minimum absolute atomic E-state index is 0.619. The molecule has 0 saturated heterocycles. The summed E-state index contributed by atoms with van der Waals surface area (Å²) in [4.78, 5) is 4.38. The second-order valence-electron chi connectivity index (χ2n) is 8.28. The molecule has 0 atom stereocenters. The maximum atomic E-state index is 6.17. The van der Waals surface area contributed by atoms with Crippen LogP contribution in [0.25, 0.3) is 22.4 Å². The zero-order valence-corrected chi connectivity index (χ0v) is 18.5. The fourth-order valence-corrected chi connectivity index (χ4v) is 4.08. The van der Waals surface area contributed by atoms with Crippen molar-refractivity contribution in [3.8, 4) is 22.4 Å². The first-order valence-electron chi connectivity index (χ1n) is 11.8. The molecule has 0 radical (unpaired) electrons. The third-order valence-electron chi connectivity index (χ3n) is 5.91. The third-order valence-corrected chi connectivity index (χ3v) is 5.91. The minimum atomic E-state index is 0.619. The summed E-state index contributed by atoms with van der Waals surface area (Å²) in [5.74, 6) is 0.619. The Bertz CT molecular complexity index is 850. The molecule has 160 valence electrons. The maximum absolute atomic E-state index is 6.17. The molecule has 2 aromatic carbocycles. The second kappa shape index (κ2) is 12.2. The van der Waals surface area contributed by atoms with Crippen molar-refractivity contribution in [3.63, 3.8) is 0 Å². The molecular weight excluding hydrogens is 366 g/mol. The Labute approximate surface area is 182 Å². The Hall–Kier alpha value is -2.55. The van der Waals surface area contributed by atoms with E-state index in [4.69, 9.17) is 5.73 Å². The van der Waals surface area contributed by atoms with Gasteiger partial charge in [-0.15, -0.1) is 0 Å². The fraction of sp³-hybridized carbons (Fsp3) is 0.444. The highest BCUT2D eigenvalue weighted by Crippen LogP contribution is 2.26. The Balaban J connectivity index is 1.47. The lowest BCUT2D eigenvalue weighted by atomic mass is 10.0. The average molecular weight is 404 g/mol. The van der Waals surface area contributed by atoms with Crippen LogP contribution < -0.4 is 5.73 Å². The van der Waals surface area contributed by atoms with E-state index >= 15 is 0 Å². The van der Waals surface area contributed by atoms with Crippen LogP contribution in [0.1, 0.15) is 71.1 Å². The quantitative estimate of drug-likeness (QED) is 0.297. The van der Waals surface area contributed by atoms with Gasteiger partial charge < -0.3 is 10.3 Å². The topological polar surface area (TPSA) is 43.8 Å². The number of nitrogens with zero attached hydrogens (tertiary/aromatic N) is 2. The van der Waals surface area contributed by atoms with Gasteiger partial charge in [0.2, 0.25) is 5.95 Å². The number of benzene rings is 2. The van der Waals surface area contributed by atoms with Crippen molar-refractivity contribution < 1.29 is 0 Å². The highest BCUT2D eigenvalue weighted by molar-refractivity contribution is 5.69. The summed E-state index contributed by atoms with van der Waals surface area (Å²) in [5.41, 5.74) is 10.9. The molecule has 0 fully saturated rings. The van der Waals surface area contributed by atoms with Gasteiger partial charge in [0.15, 0.2) is 0 Å². The van der Waals surface area contributed by atoms with E-state index in [1.54, 1.807) is 0 Å². The maximum Gasteiger partial charge on any atom is 0.200 e. The predicted molar refractivity (Wildman–Crippen MR) is 129 cm³/mol. The summed E-state index contributed by atoms with van der Waals surface area (Å²) in [6, 6.07) is 19.2. The third kappa shape index (κ3) is 6.48. The van der Waals surface area contributed by atoms with Crippen LogP contribution >= 0.6 is 0 Å². The Morgan fingerprint density at radius 2 is 1.20 bits per heavy atom. The molecule has 0 saturated carbocycles. The SMILES string of the molecule is CCCCCCCCCCCCn1c(-c2ccc(-c3ccccc3)cc2)cnc1N. The predicted octanol–water partition coefficient (Wildman–Crippen LogP) is 7.72. The van der Waals surface area contributed by atoms with Crippen molar-refractivity contribution in [2.24, 2.45) is 0 Å². The van der Waals surface area contributed by atoms with Crippen LogP contribution in [-0.4, -0.2) is 9.55 Å². The van der Waals surface area contributed by atoms with E-state index in [0.717, 1.165) is 18.7 Å².